The number of benzene rings is 1. The Hall–Kier alpha value is 0.106. The van der Waals surface area contributed by atoms with E-state index in [1.54, 1.807) is 6.26 Å². The Balaban J connectivity index is 0. The van der Waals surface area contributed by atoms with Gasteiger partial charge in [-0.1, -0.05) is 6.07 Å². The van der Waals surface area contributed by atoms with Gasteiger partial charge in [-0.3, -0.25) is 0 Å². The van der Waals surface area contributed by atoms with Crippen LogP contribution in [0.15, 0.2) is 24.3 Å². The van der Waals surface area contributed by atoms with Crippen LogP contribution in [0.5, 0.6) is 0 Å². The molecule has 0 saturated carbocycles. The van der Waals surface area contributed by atoms with Crippen molar-refractivity contribution in [2.45, 2.75) is 0 Å². The number of carbonyl (C=O) groups excluding carboxylic acids is 1. The molecule has 0 aromatic heterocycles. The molecule has 0 atom stereocenters. The molecule has 82 valence electrons. The molecule has 0 saturated heterocycles. The molecule has 0 spiro atoms. The summed E-state index contributed by atoms with van der Waals surface area (Å²) in [7, 11) is 0. The Morgan fingerprint density at radius 1 is 1.31 bits per heavy atom. The predicted octanol–water partition coefficient (Wildman–Crippen LogP) is -1.35. The summed E-state index contributed by atoms with van der Waals surface area (Å²) in [6.45, 7) is 0. The Morgan fingerprint density at radius 3 is 2.38 bits per heavy atom. The maximum absolute atomic E-state index is 11.2. The van der Waals surface area contributed by atoms with Crippen molar-refractivity contribution in [2.24, 2.45) is 0 Å². The summed E-state index contributed by atoms with van der Waals surface area (Å²) in [6, 6.07) is 5.70. The third-order valence-corrected chi connectivity index (χ3v) is 1.82. The zero-order valence-corrected chi connectivity index (χ0v) is 12.8. The van der Waals surface area contributed by atoms with Gasteiger partial charge in [0.15, 0.2) is 0 Å². The summed E-state index contributed by atoms with van der Waals surface area (Å²) in [6.07, 6.45) is 1.61. The van der Waals surface area contributed by atoms with Gasteiger partial charge in [-0.2, -0.15) is 0 Å². The third kappa shape index (κ3) is 5.44. The van der Waals surface area contributed by atoms with Crippen LogP contribution in [-0.2, 0) is 4.18 Å². The van der Waals surface area contributed by atoms with Crippen molar-refractivity contribution in [1.29, 1.82) is 0 Å². The van der Waals surface area contributed by atoms with Crippen molar-refractivity contribution in [3.63, 3.8) is 0 Å². The molecule has 1 aromatic rings. The number of hydrogen-bond acceptors (Lipinski definition) is 5. The fraction of sp³-hybridized carbons (Fsp3) is 0.111. The van der Waals surface area contributed by atoms with Gasteiger partial charge in [-0.05, 0) is 18.2 Å². The van der Waals surface area contributed by atoms with Crippen LogP contribution < -0.4 is 51.4 Å². The fourth-order valence-corrected chi connectivity index (χ4v) is 1.15. The van der Waals surface area contributed by atoms with Crippen LogP contribution in [0, 0.1) is 0 Å². The first-order valence-corrected chi connectivity index (χ1v) is 4.88. The van der Waals surface area contributed by atoms with Gasteiger partial charge in [-0.25, -0.2) is 9.59 Å². The van der Waals surface area contributed by atoms with Gasteiger partial charge in [0.25, 0.3) is 0 Å². The van der Waals surface area contributed by atoms with E-state index in [2.05, 4.69) is 4.18 Å². The van der Waals surface area contributed by atoms with Crippen molar-refractivity contribution in [3.05, 3.63) is 35.4 Å². The van der Waals surface area contributed by atoms with Crippen molar-refractivity contribution in [3.8, 4) is 0 Å². The van der Waals surface area contributed by atoms with Crippen molar-refractivity contribution >= 4 is 24.0 Å². The molecule has 0 aliphatic heterocycles. The standard InChI is InChI=1S/C9H8O4S.K.H2O/c1-14-13-9(12)7-4-2-3-6(5-7)8(10)11;;/h2-5H,1H3,(H,10,11);;1H2/q;+1;/p-1. The van der Waals surface area contributed by atoms with Crippen LogP contribution in [0.4, 0.5) is 0 Å². The van der Waals surface area contributed by atoms with Crippen LogP contribution in [-0.4, -0.2) is 28.8 Å². The minimum atomic E-state index is -1.07. The summed E-state index contributed by atoms with van der Waals surface area (Å²) in [5.41, 5.74) is 0.305. The van der Waals surface area contributed by atoms with Gasteiger partial charge in [0.1, 0.15) is 0 Å². The first-order chi connectivity index (χ1) is 6.65. The van der Waals surface area contributed by atoms with E-state index in [-0.39, 0.29) is 68.0 Å². The summed E-state index contributed by atoms with van der Waals surface area (Å²) in [5, 5.41) is 8.66. The number of carbonyl (C=O) groups is 2. The molecule has 0 amide bonds. The number of carboxylic acids is 1. The number of rotatable bonds is 3. The molecule has 0 radical (unpaired) electrons. The van der Waals surface area contributed by atoms with E-state index < -0.39 is 11.9 Å². The topological polar surface area (TPSA) is 93.6 Å². The molecule has 0 aliphatic carbocycles. The van der Waals surface area contributed by atoms with Crippen molar-refractivity contribution in [1.82, 2.24) is 0 Å². The molecule has 0 heterocycles. The molecule has 0 bridgehead atoms. The van der Waals surface area contributed by atoms with E-state index in [0.29, 0.717) is 0 Å². The molecule has 0 aliphatic rings. The van der Waals surface area contributed by atoms with Crippen molar-refractivity contribution in [2.75, 3.05) is 6.26 Å². The first kappa shape index (κ1) is 18.5. The molecular formula is C9H9KO5S. The maximum atomic E-state index is 11.2. The minimum absolute atomic E-state index is 0. The monoisotopic (exact) mass is 268 g/mol. The van der Waals surface area contributed by atoms with Crippen LogP contribution in [0.25, 0.3) is 0 Å². The minimum Gasteiger partial charge on any atom is -0.870 e. The van der Waals surface area contributed by atoms with Crippen LogP contribution >= 0.6 is 12.0 Å². The second-order valence-corrected chi connectivity index (χ2v) is 2.92. The Labute approximate surface area is 139 Å². The van der Waals surface area contributed by atoms with Gasteiger partial charge in [-0.15, -0.1) is 0 Å². The molecule has 2 N–H and O–H groups in total. The average molecular weight is 268 g/mol. The zero-order valence-electron chi connectivity index (χ0n) is 8.84. The molecule has 0 unspecified atom stereocenters. The molecule has 16 heavy (non-hydrogen) atoms. The summed E-state index contributed by atoms with van der Waals surface area (Å²) < 4.78 is 4.65. The predicted molar refractivity (Wildman–Crippen MR) is 54.3 cm³/mol. The third-order valence-electron chi connectivity index (χ3n) is 1.50. The van der Waals surface area contributed by atoms with Crippen LogP contribution in [0.2, 0.25) is 0 Å². The summed E-state index contributed by atoms with van der Waals surface area (Å²) in [4.78, 5) is 21.8. The van der Waals surface area contributed by atoms with E-state index in [1.165, 1.54) is 24.3 Å². The van der Waals surface area contributed by atoms with Gasteiger partial charge in [0.05, 0.1) is 23.2 Å². The second kappa shape index (κ2) is 9.17. The Kier molecular flexibility index (Phi) is 10.6. The normalized spacial score (nSPS) is 8.31. The maximum Gasteiger partial charge on any atom is 1.00 e. The Bertz CT molecular complexity index is 369. The van der Waals surface area contributed by atoms with Crippen molar-refractivity contribution < 1.29 is 75.7 Å². The smallest absolute Gasteiger partial charge is 0.870 e. The van der Waals surface area contributed by atoms with Gasteiger partial charge in [0.2, 0.25) is 0 Å². The van der Waals surface area contributed by atoms with Crippen LogP contribution in [0.1, 0.15) is 20.7 Å². The van der Waals surface area contributed by atoms with E-state index in [1.807, 2.05) is 0 Å². The summed E-state index contributed by atoms with van der Waals surface area (Å²) in [5.74, 6) is -1.61. The summed E-state index contributed by atoms with van der Waals surface area (Å²) >= 11 is 0.922. The second-order valence-electron chi connectivity index (χ2n) is 2.42. The number of carboxylic acid groups (broad SMARTS) is 1. The fourth-order valence-electron chi connectivity index (χ4n) is 0.903. The SMILES string of the molecule is CSOC(=O)c1cccc(C(=O)O)c1.[K+].[OH-]. The number of aromatic carboxylic acids is 1. The largest absolute Gasteiger partial charge is 1.00 e. The molecule has 1 rings (SSSR count). The van der Waals surface area contributed by atoms with E-state index in [4.69, 9.17) is 5.11 Å². The quantitative estimate of drug-likeness (QED) is 0.538. The first-order valence-electron chi connectivity index (χ1n) is 3.73. The van der Waals surface area contributed by atoms with Gasteiger partial charge >= 0.3 is 63.3 Å². The molecular weight excluding hydrogens is 259 g/mol. The number of hydrogen-bond donors (Lipinski definition) is 1. The molecule has 5 nitrogen and oxygen atoms in total. The Morgan fingerprint density at radius 2 is 1.88 bits per heavy atom. The zero-order chi connectivity index (χ0) is 10.6. The van der Waals surface area contributed by atoms with Gasteiger partial charge < -0.3 is 14.8 Å². The molecule has 7 heteroatoms. The average Bonchev–Trinajstić information content (AvgIpc) is 2.18. The van der Waals surface area contributed by atoms with E-state index in [0.717, 1.165) is 12.0 Å². The molecule has 0 fully saturated rings. The van der Waals surface area contributed by atoms with Crippen LogP contribution in [0.3, 0.4) is 0 Å². The van der Waals surface area contributed by atoms with E-state index >= 15 is 0 Å². The molecule has 1 aromatic carbocycles. The van der Waals surface area contributed by atoms with Gasteiger partial charge in [0, 0.05) is 6.26 Å². The van der Waals surface area contributed by atoms with E-state index in [9.17, 15) is 9.59 Å².